The van der Waals surface area contributed by atoms with E-state index in [1.807, 2.05) is 53.3 Å². The molecule has 11 nitrogen and oxygen atoms in total. The van der Waals surface area contributed by atoms with Gasteiger partial charge in [-0.15, -0.1) is 0 Å². The van der Waals surface area contributed by atoms with Crippen molar-refractivity contribution in [3.8, 4) is 0 Å². The van der Waals surface area contributed by atoms with Crippen molar-refractivity contribution >= 4 is 33.7 Å². The minimum absolute atomic E-state index is 0.0650. The van der Waals surface area contributed by atoms with Gasteiger partial charge in [-0.05, 0) is 60.4 Å². The summed E-state index contributed by atoms with van der Waals surface area (Å²) in [5.41, 5.74) is 2.05. The fourth-order valence-electron chi connectivity index (χ4n) is 3.96. The minimum atomic E-state index is -4.26. The monoisotopic (exact) mass is 614 g/mol. The van der Waals surface area contributed by atoms with Crippen LogP contribution < -0.4 is 15.4 Å². The predicted octanol–water partition coefficient (Wildman–Crippen LogP) is 3.04. The maximum Gasteiger partial charge on any atom is 0.325 e. The van der Waals surface area contributed by atoms with Gasteiger partial charge in [0.1, 0.15) is 18.8 Å². The largest absolute Gasteiger partial charge is 0.460 e. The number of esters is 1. The maximum atomic E-state index is 12.7. The molecule has 44 heavy (non-hydrogen) atoms. The highest BCUT2D eigenvalue weighted by Crippen LogP contribution is 2.12. The van der Waals surface area contributed by atoms with E-state index in [-0.39, 0.29) is 40.8 Å². The third-order valence-corrected chi connectivity index (χ3v) is 7.67. The van der Waals surface area contributed by atoms with Gasteiger partial charge in [-0.2, -0.15) is 0 Å². The molecule has 0 radical (unpaired) electrons. The van der Waals surface area contributed by atoms with Gasteiger partial charge in [-0.1, -0.05) is 60.7 Å². The summed E-state index contributed by atoms with van der Waals surface area (Å²) in [7, 11) is -4.26. The van der Waals surface area contributed by atoms with E-state index in [0.717, 1.165) is 24.6 Å². The average molecular weight is 615 g/mol. The normalized spacial score (nSPS) is 10.8. The van der Waals surface area contributed by atoms with Crippen molar-refractivity contribution in [2.24, 2.45) is 0 Å². The molecule has 226 valence electrons. The molecular weight excluding hydrogens is 584 g/mol. The second-order valence-corrected chi connectivity index (χ2v) is 11.2. The van der Waals surface area contributed by atoms with Crippen molar-refractivity contribution in [2.75, 3.05) is 13.1 Å². The Morgan fingerprint density at radius 2 is 1.32 bits per heavy atom. The van der Waals surface area contributed by atoms with Crippen LogP contribution in [0.25, 0.3) is 0 Å². The first-order valence-corrected chi connectivity index (χ1v) is 15.1. The average Bonchev–Trinajstić information content (AvgIpc) is 3.05. The summed E-state index contributed by atoms with van der Waals surface area (Å²) in [5, 5.41) is 5.18. The van der Waals surface area contributed by atoms with E-state index < -0.39 is 27.8 Å². The molecule has 3 N–H and O–H groups in total. The SMILES string of the molecule is O=C(CNC(=O)c1ccc(C(=O)NS(=O)(=O)c2ccc(C(=O)NCCCc3ccccc3)cc2)cn1)OCc1ccccc1. The summed E-state index contributed by atoms with van der Waals surface area (Å²) in [6, 6.07) is 26.6. The highest BCUT2D eigenvalue weighted by atomic mass is 32.2. The molecule has 0 saturated carbocycles. The van der Waals surface area contributed by atoms with Gasteiger partial charge in [0.2, 0.25) is 0 Å². The fraction of sp³-hybridized carbons (Fsp3) is 0.156. The first kappa shape index (κ1) is 31.6. The number of aromatic nitrogens is 1. The van der Waals surface area contributed by atoms with Gasteiger partial charge in [0.15, 0.2) is 0 Å². The Labute approximate surface area is 254 Å². The molecule has 0 unspecified atom stereocenters. The Bertz CT molecular complexity index is 1700. The number of benzene rings is 3. The molecule has 0 aliphatic heterocycles. The number of pyridine rings is 1. The second kappa shape index (κ2) is 15.2. The smallest absolute Gasteiger partial charge is 0.325 e. The zero-order chi connectivity index (χ0) is 31.4. The third-order valence-electron chi connectivity index (χ3n) is 6.32. The van der Waals surface area contributed by atoms with Crippen molar-refractivity contribution < 1.29 is 32.3 Å². The van der Waals surface area contributed by atoms with Crippen LogP contribution >= 0.6 is 0 Å². The molecule has 0 spiro atoms. The molecule has 4 aromatic rings. The standard InChI is InChI=1S/C32H30N4O7S/c37-29(43-22-24-10-5-2-6-11-24)21-35-32(40)28-18-15-26(20-34-28)31(39)36-44(41,42)27-16-13-25(14-17-27)30(38)33-19-7-12-23-8-3-1-4-9-23/h1-6,8-11,13-18,20H,7,12,19,21-22H2,(H,33,38)(H,35,40)(H,36,39). The molecule has 1 heterocycles. The van der Waals surface area contributed by atoms with E-state index in [1.54, 1.807) is 12.1 Å². The number of ether oxygens (including phenoxy) is 1. The first-order valence-electron chi connectivity index (χ1n) is 13.6. The highest BCUT2D eigenvalue weighted by molar-refractivity contribution is 7.90. The summed E-state index contributed by atoms with van der Waals surface area (Å²) in [4.78, 5) is 52.9. The third kappa shape index (κ3) is 9.33. The topological polar surface area (TPSA) is 161 Å². The molecule has 3 amide bonds. The Morgan fingerprint density at radius 1 is 0.682 bits per heavy atom. The Balaban J connectivity index is 1.23. The van der Waals surface area contributed by atoms with E-state index in [0.29, 0.717) is 6.54 Å². The molecule has 0 aliphatic carbocycles. The van der Waals surface area contributed by atoms with Crippen LogP contribution in [0.2, 0.25) is 0 Å². The van der Waals surface area contributed by atoms with Gasteiger partial charge in [0.25, 0.3) is 27.7 Å². The molecule has 0 bridgehead atoms. The van der Waals surface area contributed by atoms with Crippen molar-refractivity contribution in [1.82, 2.24) is 20.3 Å². The summed E-state index contributed by atoms with van der Waals surface area (Å²) in [6.07, 6.45) is 2.60. The lowest BCUT2D eigenvalue weighted by atomic mass is 10.1. The van der Waals surface area contributed by atoms with Crippen LogP contribution in [0.15, 0.2) is 108 Å². The zero-order valence-electron chi connectivity index (χ0n) is 23.6. The number of carbonyl (C=O) groups excluding carboxylic acids is 4. The number of amides is 3. The lowest BCUT2D eigenvalue weighted by molar-refractivity contribution is -0.143. The number of aryl methyl sites for hydroxylation is 1. The number of hydrogen-bond acceptors (Lipinski definition) is 8. The number of sulfonamides is 1. The van der Waals surface area contributed by atoms with Gasteiger partial charge in [-0.25, -0.2) is 13.1 Å². The van der Waals surface area contributed by atoms with Gasteiger partial charge in [-0.3, -0.25) is 24.2 Å². The molecule has 0 atom stereocenters. The van der Waals surface area contributed by atoms with Crippen LogP contribution in [0.1, 0.15) is 48.8 Å². The molecule has 12 heteroatoms. The van der Waals surface area contributed by atoms with Gasteiger partial charge >= 0.3 is 5.97 Å². The quantitative estimate of drug-likeness (QED) is 0.153. The Hall–Kier alpha value is -5.36. The minimum Gasteiger partial charge on any atom is -0.460 e. The summed E-state index contributed by atoms with van der Waals surface area (Å²) >= 11 is 0. The number of carbonyl (C=O) groups is 4. The first-order chi connectivity index (χ1) is 21.2. The molecule has 3 aromatic carbocycles. The Kier molecular flexibility index (Phi) is 10.9. The molecule has 0 saturated heterocycles. The molecule has 0 aliphatic rings. The van der Waals surface area contributed by atoms with E-state index in [2.05, 4.69) is 15.6 Å². The van der Waals surface area contributed by atoms with Crippen LogP contribution in [0.3, 0.4) is 0 Å². The molecule has 0 fully saturated rings. The van der Waals surface area contributed by atoms with Crippen molar-refractivity contribution in [2.45, 2.75) is 24.3 Å². The number of hydrogen-bond donors (Lipinski definition) is 3. The van der Waals surface area contributed by atoms with Crippen molar-refractivity contribution in [3.63, 3.8) is 0 Å². The van der Waals surface area contributed by atoms with E-state index in [1.165, 1.54) is 42.0 Å². The van der Waals surface area contributed by atoms with E-state index in [4.69, 9.17) is 4.74 Å². The lowest BCUT2D eigenvalue weighted by Crippen LogP contribution is -2.32. The van der Waals surface area contributed by atoms with Gasteiger partial charge in [0, 0.05) is 18.3 Å². The Morgan fingerprint density at radius 3 is 1.95 bits per heavy atom. The maximum absolute atomic E-state index is 12.7. The predicted molar refractivity (Wildman–Crippen MR) is 161 cm³/mol. The number of nitrogens with zero attached hydrogens (tertiary/aromatic N) is 1. The summed E-state index contributed by atoms with van der Waals surface area (Å²) in [5.74, 6) is -2.63. The van der Waals surface area contributed by atoms with E-state index in [9.17, 15) is 27.6 Å². The number of rotatable bonds is 13. The van der Waals surface area contributed by atoms with Crippen LogP contribution in [0.4, 0.5) is 0 Å². The van der Waals surface area contributed by atoms with E-state index >= 15 is 0 Å². The second-order valence-electron chi connectivity index (χ2n) is 9.57. The van der Waals surface area contributed by atoms with Crippen LogP contribution in [-0.2, 0) is 32.6 Å². The van der Waals surface area contributed by atoms with Crippen LogP contribution in [-0.4, -0.2) is 50.2 Å². The summed E-state index contributed by atoms with van der Waals surface area (Å²) < 4.78 is 32.5. The molecule has 1 aromatic heterocycles. The van der Waals surface area contributed by atoms with Crippen molar-refractivity contribution in [3.05, 3.63) is 131 Å². The van der Waals surface area contributed by atoms with Gasteiger partial charge in [0.05, 0.1) is 10.5 Å². The zero-order valence-corrected chi connectivity index (χ0v) is 24.4. The van der Waals surface area contributed by atoms with Crippen LogP contribution in [0, 0.1) is 0 Å². The lowest BCUT2D eigenvalue weighted by Gasteiger charge is -2.09. The molecular formula is C32H30N4O7S. The fourth-order valence-corrected chi connectivity index (χ4v) is 4.94. The van der Waals surface area contributed by atoms with Crippen LogP contribution in [0.5, 0.6) is 0 Å². The highest BCUT2D eigenvalue weighted by Gasteiger charge is 2.20. The summed E-state index contributed by atoms with van der Waals surface area (Å²) in [6.45, 7) is 0.137. The van der Waals surface area contributed by atoms with Gasteiger partial charge < -0.3 is 15.4 Å². The number of nitrogens with one attached hydrogen (secondary N) is 3. The molecule has 4 rings (SSSR count). The van der Waals surface area contributed by atoms with Crippen molar-refractivity contribution in [1.29, 1.82) is 0 Å².